The van der Waals surface area contributed by atoms with Crippen LogP contribution >= 0.6 is 22.9 Å². The van der Waals surface area contributed by atoms with Crippen LogP contribution in [0.5, 0.6) is 0 Å². The molecule has 0 aliphatic carbocycles. The number of fused-ring (bicyclic) bond motifs is 1. The quantitative estimate of drug-likeness (QED) is 0.606. The van der Waals surface area contributed by atoms with Crippen molar-refractivity contribution in [2.24, 2.45) is 0 Å². The molecule has 0 fully saturated rings. The van der Waals surface area contributed by atoms with Gasteiger partial charge in [-0.15, -0.1) is 11.3 Å². The molecule has 4 nitrogen and oxygen atoms in total. The number of aliphatic carboxylic acids is 1. The summed E-state index contributed by atoms with van der Waals surface area (Å²) in [7, 11) is 0. The number of nitrogens with one attached hydrogen (secondary N) is 1. The van der Waals surface area contributed by atoms with Crippen molar-refractivity contribution in [3.8, 4) is 0 Å². The second-order valence-electron chi connectivity index (χ2n) is 4.77. The van der Waals surface area contributed by atoms with E-state index in [1.54, 1.807) is 11.3 Å². The fraction of sp³-hybridized carbons (Fsp3) is 0.125. The van der Waals surface area contributed by atoms with E-state index in [1.807, 2.05) is 35.7 Å². The first-order valence-corrected chi connectivity index (χ1v) is 8.15. The summed E-state index contributed by atoms with van der Waals surface area (Å²) in [6, 6.07) is 14.2. The minimum atomic E-state index is -5.08. The molecule has 0 amide bonds. The highest BCUT2D eigenvalue weighted by molar-refractivity contribution is 7.17. The zero-order chi connectivity index (χ0) is 18.4. The average molecular weight is 389 g/mol. The Morgan fingerprint density at radius 2 is 1.88 bits per heavy atom. The van der Waals surface area contributed by atoms with Crippen LogP contribution in [0, 0.1) is 0 Å². The summed E-state index contributed by atoms with van der Waals surface area (Å²) in [6.07, 6.45) is -5.08. The average Bonchev–Trinajstić information content (AvgIpc) is 3.01. The van der Waals surface area contributed by atoms with E-state index in [1.165, 1.54) is 5.56 Å². The number of anilines is 1. The Morgan fingerprint density at radius 1 is 1.24 bits per heavy atom. The SMILES string of the molecule is Clc1cc(NCc2ccccc2)c2sccc2n1.O=C(O)C(F)(F)F. The molecule has 9 heteroatoms. The smallest absolute Gasteiger partial charge is 0.475 e. The topological polar surface area (TPSA) is 62.2 Å². The lowest BCUT2D eigenvalue weighted by molar-refractivity contribution is -0.192. The van der Waals surface area contributed by atoms with Gasteiger partial charge in [0.15, 0.2) is 0 Å². The van der Waals surface area contributed by atoms with Gasteiger partial charge in [-0.25, -0.2) is 9.78 Å². The fourth-order valence-electron chi connectivity index (χ4n) is 1.85. The number of hydrogen-bond acceptors (Lipinski definition) is 4. The van der Waals surface area contributed by atoms with Crippen LogP contribution in [0.2, 0.25) is 5.15 Å². The predicted molar refractivity (Wildman–Crippen MR) is 92.1 cm³/mol. The molecule has 0 bridgehead atoms. The molecule has 0 saturated heterocycles. The number of carboxylic acid groups (broad SMARTS) is 1. The molecule has 2 heterocycles. The highest BCUT2D eigenvalue weighted by Gasteiger charge is 2.38. The number of thiophene rings is 1. The van der Waals surface area contributed by atoms with Gasteiger partial charge in [-0.2, -0.15) is 13.2 Å². The molecule has 0 atom stereocenters. The molecular weight excluding hydrogens is 377 g/mol. The van der Waals surface area contributed by atoms with Crippen LogP contribution in [-0.2, 0) is 11.3 Å². The second kappa shape index (κ2) is 8.17. The number of alkyl halides is 3. The van der Waals surface area contributed by atoms with Crippen molar-refractivity contribution >= 4 is 44.8 Å². The monoisotopic (exact) mass is 388 g/mol. The maximum atomic E-state index is 10.6. The van der Waals surface area contributed by atoms with E-state index >= 15 is 0 Å². The Hall–Kier alpha value is -2.32. The van der Waals surface area contributed by atoms with Crippen molar-refractivity contribution in [3.63, 3.8) is 0 Å². The molecule has 3 aromatic rings. The second-order valence-corrected chi connectivity index (χ2v) is 6.07. The van der Waals surface area contributed by atoms with E-state index in [0.717, 1.165) is 22.4 Å². The molecule has 132 valence electrons. The number of pyridine rings is 1. The molecule has 0 spiro atoms. The van der Waals surface area contributed by atoms with E-state index in [-0.39, 0.29) is 0 Å². The first-order valence-electron chi connectivity index (χ1n) is 6.89. The molecule has 0 aliphatic rings. The lowest BCUT2D eigenvalue weighted by Gasteiger charge is -2.08. The summed E-state index contributed by atoms with van der Waals surface area (Å²) >= 11 is 7.69. The summed E-state index contributed by atoms with van der Waals surface area (Å²) in [5.41, 5.74) is 3.24. The van der Waals surface area contributed by atoms with Gasteiger partial charge in [-0.1, -0.05) is 41.9 Å². The summed E-state index contributed by atoms with van der Waals surface area (Å²) in [6.45, 7) is 0.786. The van der Waals surface area contributed by atoms with Crippen LogP contribution in [-0.4, -0.2) is 22.2 Å². The number of benzene rings is 1. The number of aromatic nitrogens is 1. The number of halogens is 4. The Morgan fingerprint density at radius 3 is 2.48 bits per heavy atom. The van der Waals surface area contributed by atoms with Gasteiger partial charge in [-0.3, -0.25) is 0 Å². The van der Waals surface area contributed by atoms with Gasteiger partial charge < -0.3 is 10.4 Å². The standard InChI is InChI=1S/C14H11ClN2S.C2HF3O2/c15-13-8-12(14-11(17-13)6-7-18-14)16-9-10-4-2-1-3-5-10;3-2(4,5)1(6)7/h1-8H,9H2,(H,16,17);(H,6,7). The van der Waals surface area contributed by atoms with Gasteiger partial charge in [0.25, 0.3) is 0 Å². The molecular formula is C16H12ClF3N2O2S. The summed E-state index contributed by atoms with van der Waals surface area (Å²) in [5.74, 6) is -2.76. The van der Waals surface area contributed by atoms with Gasteiger partial charge in [0.2, 0.25) is 0 Å². The van der Waals surface area contributed by atoms with Gasteiger partial charge >= 0.3 is 12.1 Å². The number of carbonyl (C=O) groups is 1. The summed E-state index contributed by atoms with van der Waals surface area (Å²) < 4.78 is 32.9. The van der Waals surface area contributed by atoms with Crippen molar-refractivity contribution in [1.82, 2.24) is 4.98 Å². The molecule has 0 aliphatic heterocycles. The molecule has 0 radical (unpaired) electrons. The summed E-state index contributed by atoms with van der Waals surface area (Å²) in [4.78, 5) is 13.2. The van der Waals surface area contributed by atoms with E-state index in [9.17, 15) is 13.2 Å². The van der Waals surface area contributed by atoms with Crippen LogP contribution in [0.3, 0.4) is 0 Å². The minimum absolute atomic E-state index is 0.525. The van der Waals surface area contributed by atoms with Crippen LogP contribution in [0.25, 0.3) is 10.2 Å². The largest absolute Gasteiger partial charge is 0.490 e. The third-order valence-corrected chi connectivity index (χ3v) is 4.08. The van der Waals surface area contributed by atoms with Gasteiger partial charge in [0.05, 0.1) is 15.9 Å². The minimum Gasteiger partial charge on any atom is -0.475 e. The normalized spacial score (nSPS) is 10.9. The number of rotatable bonds is 3. The van der Waals surface area contributed by atoms with Crippen LogP contribution < -0.4 is 5.32 Å². The Kier molecular flexibility index (Phi) is 6.22. The van der Waals surface area contributed by atoms with Crippen LogP contribution in [0.4, 0.5) is 18.9 Å². The molecule has 25 heavy (non-hydrogen) atoms. The Bertz CT molecular complexity index is 853. The maximum Gasteiger partial charge on any atom is 0.490 e. The highest BCUT2D eigenvalue weighted by Crippen LogP contribution is 2.30. The van der Waals surface area contributed by atoms with Crippen molar-refractivity contribution in [2.75, 3.05) is 5.32 Å². The van der Waals surface area contributed by atoms with Crippen LogP contribution in [0.15, 0.2) is 47.8 Å². The van der Waals surface area contributed by atoms with E-state index < -0.39 is 12.1 Å². The lowest BCUT2D eigenvalue weighted by atomic mass is 10.2. The molecule has 0 unspecified atom stereocenters. The van der Waals surface area contributed by atoms with E-state index in [4.69, 9.17) is 21.5 Å². The fourth-order valence-corrected chi connectivity index (χ4v) is 2.87. The first kappa shape index (κ1) is 19.0. The first-order chi connectivity index (χ1) is 11.8. The van der Waals surface area contributed by atoms with Crippen LogP contribution in [0.1, 0.15) is 5.56 Å². The molecule has 2 N–H and O–H groups in total. The van der Waals surface area contributed by atoms with Crippen molar-refractivity contribution in [2.45, 2.75) is 12.7 Å². The van der Waals surface area contributed by atoms with Crippen molar-refractivity contribution in [1.29, 1.82) is 0 Å². The summed E-state index contributed by atoms with van der Waals surface area (Å²) in [5, 5.41) is 13.1. The molecule has 3 rings (SSSR count). The Balaban J connectivity index is 0.000000277. The number of carboxylic acids is 1. The van der Waals surface area contributed by atoms with Gasteiger partial charge in [0, 0.05) is 12.6 Å². The highest BCUT2D eigenvalue weighted by atomic mass is 35.5. The predicted octanol–water partition coefficient (Wildman–Crippen LogP) is 5.20. The molecule has 2 aromatic heterocycles. The maximum absolute atomic E-state index is 10.6. The zero-order valence-corrected chi connectivity index (χ0v) is 14.1. The van der Waals surface area contributed by atoms with E-state index in [0.29, 0.717) is 5.15 Å². The van der Waals surface area contributed by atoms with Crippen molar-refractivity contribution in [3.05, 3.63) is 58.6 Å². The van der Waals surface area contributed by atoms with Crippen molar-refractivity contribution < 1.29 is 23.1 Å². The zero-order valence-electron chi connectivity index (χ0n) is 12.5. The third-order valence-electron chi connectivity index (χ3n) is 2.95. The lowest BCUT2D eigenvalue weighted by Crippen LogP contribution is -2.21. The third kappa shape index (κ3) is 5.61. The molecule has 0 saturated carbocycles. The molecule has 1 aromatic carbocycles. The van der Waals surface area contributed by atoms with Gasteiger partial charge in [0.1, 0.15) is 5.15 Å². The number of nitrogens with zero attached hydrogens (tertiary/aromatic N) is 1. The number of hydrogen-bond donors (Lipinski definition) is 2. The van der Waals surface area contributed by atoms with E-state index in [2.05, 4.69) is 22.4 Å². The Labute approximate surface area is 149 Å². The van der Waals surface area contributed by atoms with Gasteiger partial charge in [-0.05, 0) is 17.0 Å².